The molecular formula is C11H13BrClNO2. The number of ether oxygens (including phenoxy) is 2. The summed E-state index contributed by atoms with van der Waals surface area (Å²) in [4.78, 5) is 0. The summed E-state index contributed by atoms with van der Waals surface area (Å²) in [7, 11) is 0. The van der Waals surface area contributed by atoms with E-state index in [1.54, 1.807) is 0 Å². The number of hydrogen-bond donors (Lipinski definition) is 1. The van der Waals surface area contributed by atoms with E-state index in [2.05, 4.69) is 15.9 Å². The highest BCUT2D eigenvalue weighted by molar-refractivity contribution is 9.10. The maximum Gasteiger partial charge on any atom is 0.187 e. The van der Waals surface area contributed by atoms with Gasteiger partial charge in [0.25, 0.3) is 0 Å². The second-order valence-corrected chi connectivity index (χ2v) is 7.60. The molecule has 7 aliphatic rings. The van der Waals surface area contributed by atoms with Crippen molar-refractivity contribution in [1.82, 2.24) is 0 Å². The van der Waals surface area contributed by atoms with E-state index in [-0.39, 0.29) is 28.1 Å². The van der Waals surface area contributed by atoms with E-state index in [0.29, 0.717) is 17.8 Å². The Hall–Kier alpha value is 0.650. The van der Waals surface area contributed by atoms with Gasteiger partial charge in [0.2, 0.25) is 0 Å². The molecule has 6 saturated carbocycles. The molecule has 0 aromatic heterocycles. The molecule has 1 saturated heterocycles. The summed E-state index contributed by atoms with van der Waals surface area (Å²) in [6, 6.07) is 0. The molecule has 7 rings (SSSR count). The van der Waals surface area contributed by atoms with Crippen LogP contribution in [0.25, 0.3) is 0 Å². The van der Waals surface area contributed by atoms with Gasteiger partial charge in [-0.3, -0.25) is 0 Å². The van der Waals surface area contributed by atoms with Crippen molar-refractivity contribution in [2.75, 3.05) is 13.2 Å². The molecule has 6 aliphatic carbocycles. The van der Waals surface area contributed by atoms with E-state index in [0.717, 1.165) is 31.0 Å². The highest BCUT2D eigenvalue weighted by Crippen LogP contribution is 3.00. The summed E-state index contributed by atoms with van der Waals surface area (Å²) in [6.07, 6.45) is 0. The molecule has 0 radical (unpaired) electrons. The Bertz CT molecular complexity index is 418. The lowest BCUT2D eigenvalue weighted by Gasteiger charge is -2.90. The number of nitrogens with two attached hydrogens (primary N) is 1. The van der Waals surface area contributed by atoms with E-state index in [1.807, 2.05) is 0 Å². The minimum Gasteiger partial charge on any atom is -0.346 e. The molecule has 1 aliphatic heterocycles. The number of rotatable bonds is 0. The Balaban J connectivity index is 0.000000667. The third-order valence-electron chi connectivity index (χ3n) is 6.71. The average molecular weight is 307 g/mol. The minimum atomic E-state index is -0.270. The molecule has 4 unspecified atom stereocenters. The van der Waals surface area contributed by atoms with Gasteiger partial charge in [0, 0.05) is 11.5 Å². The quantitative estimate of drug-likeness (QED) is 0.672. The Morgan fingerprint density at radius 3 is 1.94 bits per heavy atom. The summed E-state index contributed by atoms with van der Waals surface area (Å²) in [6.45, 7) is 1.54. The summed E-state index contributed by atoms with van der Waals surface area (Å²) in [5.41, 5.74) is 6.68. The number of halogens is 2. The van der Waals surface area contributed by atoms with Gasteiger partial charge in [-0.2, -0.15) is 0 Å². The standard InChI is InChI=1S/C11H12BrNO2.ClH/c12-10-6-3-7(10)5-8(4(6)9(3,5)13)11(10)14-1-2-15-11;/h3-8H,1-2,13H2;1H. The first-order valence-electron chi connectivity index (χ1n) is 5.95. The fourth-order valence-corrected chi connectivity index (χ4v) is 8.33. The molecule has 1 heterocycles. The van der Waals surface area contributed by atoms with Crippen LogP contribution in [0, 0.1) is 35.5 Å². The Morgan fingerprint density at radius 2 is 1.44 bits per heavy atom. The molecule has 2 N–H and O–H groups in total. The third kappa shape index (κ3) is 0.441. The van der Waals surface area contributed by atoms with Crippen LogP contribution in [0.5, 0.6) is 0 Å². The van der Waals surface area contributed by atoms with Crippen LogP contribution in [0.15, 0.2) is 0 Å². The topological polar surface area (TPSA) is 44.5 Å². The highest BCUT2D eigenvalue weighted by Gasteiger charge is 3.08. The fourth-order valence-electron chi connectivity index (χ4n) is 6.70. The molecule has 2 bridgehead atoms. The van der Waals surface area contributed by atoms with Crippen molar-refractivity contribution in [3.8, 4) is 0 Å². The smallest absolute Gasteiger partial charge is 0.187 e. The lowest BCUT2D eigenvalue weighted by molar-refractivity contribution is -0.381. The zero-order valence-electron chi connectivity index (χ0n) is 8.56. The first-order valence-corrected chi connectivity index (χ1v) is 6.74. The molecule has 0 amide bonds. The van der Waals surface area contributed by atoms with Crippen LogP contribution in [0.1, 0.15) is 0 Å². The van der Waals surface area contributed by atoms with Crippen molar-refractivity contribution in [3.05, 3.63) is 0 Å². The van der Waals surface area contributed by atoms with Crippen LogP contribution < -0.4 is 5.73 Å². The molecular weight excluding hydrogens is 293 g/mol. The van der Waals surface area contributed by atoms with Gasteiger partial charge in [0.05, 0.1) is 17.5 Å². The lowest BCUT2D eigenvalue weighted by atomic mass is 9.16. The monoisotopic (exact) mass is 305 g/mol. The highest BCUT2D eigenvalue weighted by atomic mass is 79.9. The number of alkyl halides is 1. The van der Waals surface area contributed by atoms with E-state index in [9.17, 15) is 0 Å². The molecule has 5 heteroatoms. The second-order valence-electron chi connectivity index (χ2n) is 6.29. The van der Waals surface area contributed by atoms with E-state index >= 15 is 0 Å². The normalized spacial score (nSPS) is 76.9. The van der Waals surface area contributed by atoms with Crippen molar-refractivity contribution < 1.29 is 9.47 Å². The van der Waals surface area contributed by atoms with Crippen molar-refractivity contribution in [2.24, 2.45) is 41.2 Å². The zero-order valence-corrected chi connectivity index (χ0v) is 11.0. The summed E-state index contributed by atoms with van der Waals surface area (Å²) in [5.74, 6) is 4.08. The predicted octanol–water partition coefficient (Wildman–Crippen LogP) is 0.748. The third-order valence-corrected chi connectivity index (χ3v) is 8.32. The van der Waals surface area contributed by atoms with Crippen LogP contribution in [0.3, 0.4) is 0 Å². The largest absolute Gasteiger partial charge is 0.346 e. The van der Waals surface area contributed by atoms with Gasteiger partial charge in [0.15, 0.2) is 5.79 Å². The Kier molecular flexibility index (Phi) is 1.21. The molecule has 0 aromatic carbocycles. The summed E-state index contributed by atoms with van der Waals surface area (Å²) in [5, 5.41) is 0. The molecule has 0 aromatic rings. The van der Waals surface area contributed by atoms with Gasteiger partial charge < -0.3 is 15.2 Å². The van der Waals surface area contributed by atoms with Gasteiger partial charge in [-0.15, -0.1) is 12.4 Å². The number of hydrogen-bond acceptors (Lipinski definition) is 3. The van der Waals surface area contributed by atoms with Crippen molar-refractivity contribution in [2.45, 2.75) is 15.7 Å². The van der Waals surface area contributed by atoms with E-state index < -0.39 is 0 Å². The summed E-state index contributed by atoms with van der Waals surface area (Å²) < 4.78 is 12.2. The van der Waals surface area contributed by atoms with Crippen LogP contribution in [-0.2, 0) is 9.47 Å². The summed E-state index contributed by atoms with van der Waals surface area (Å²) >= 11 is 3.99. The van der Waals surface area contributed by atoms with E-state index in [1.165, 1.54) is 0 Å². The first-order chi connectivity index (χ1) is 7.19. The predicted molar refractivity (Wildman–Crippen MR) is 61.4 cm³/mol. The van der Waals surface area contributed by atoms with Gasteiger partial charge in [0.1, 0.15) is 0 Å². The molecule has 16 heavy (non-hydrogen) atoms. The van der Waals surface area contributed by atoms with Gasteiger partial charge in [-0.05, 0) is 29.6 Å². The van der Waals surface area contributed by atoms with Crippen LogP contribution in [0.2, 0.25) is 0 Å². The molecule has 88 valence electrons. The second kappa shape index (κ2) is 2.03. The zero-order chi connectivity index (χ0) is 9.79. The molecule has 1 spiro atoms. The fraction of sp³-hybridized carbons (Fsp3) is 1.00. The first kappa shape index (κ1) is 9.56. The van der Waals surface area contributed by atoms with Crippen LogP contribution in [0.4, 0.5) is 0 Å². The van der Waals surface area contributed by atoms with Crippen molar-refractivity contribution >= 4 is 28.3 Å². The average Bonchev–Trinajstić information content (AvgIpc) is 2.78. The van der Waals surface area contributed by atoms with Gasteiger partial charge in [-0.25, -0.2) is 0 Å². The molecule has 4 atom stereocenters. The van der Waals surface area contributed by atoms with Crippen molar-refractivity contribution in [1.29, 1.82) is 0 Å². The van der Waals surface area contributed by atoms with Crippen LogP contribution in [-0.4, -0.2) is 28.9 Å². The maximum absolute atomic E-state index is 6.46. The Labute approximate surface area is 108 Å². The Morgan fingerprint density at radius 1 is 0.938 bits per heavy atom. The van der Waals surface area contributed by atoms with E-state index in [4.69, 9.17) is 15.2 Å². The lowest BCUT2D eigenvalue weighted by Crippen LogP contribution is -2.99. The maximum atomic E-state index is 6.46. The van der Waals surface area contributed by atoms with Gasteiger partial charge >= 0.3 is 0 Å². The molecule has 7 fully saturated rings. The minimum absolute atomic E-state index is 0. The van der Waals surface area contributed by atoms with Crippen molar-refractivity contribution in [3.63, 3.8) is 0 Å². The molecule has 3 nitrogen and oxygen atoms in total. The van der Waals surface area contributed by atoms with Crippen LogP contribution >= 0.6 is 28.3 Å². The van der Waals surface area contributed by atoms with Gasteiger partial charge in [-0.1, -0.05) is 15.9 Å². The SMILES string of the molecule is Cl.NC12C3C4C1C1C2C3C1(Br)C41OCCO1.